The maximum atomic E-state index is 6.06. The monoisotopic (exact) mass is 251 g/mol. The van der Waals surface area contributed by atoms with E-state index in [4.69, 9.17) is 9.47 Å². The van der Waals surface area contributed by atoms with Crippen LogP contribution in [-0.4, -0.2) is 32.9 Å². The van der Waals surface area contributed by atoms with Crippen LogP contribution in [0.15, 0.2) is 24.3 Å². The molecule has 0 fully saturated rings. The van der Waals surface area contributed by atoms with Crippen molar-refractivity contribution in [1.29, 1.82) is 0 Å². The average Bonchev–Trinajstić information content (AvgIpc) is 2.36. The molecule has 3 heteroatoms. The van der Waals surface area contributed by atoms with Crippen molar-refractivity contribution >= 4 is 0 Å². The van der Waals surface area contributed by atoms with Crippen LogP contribution in [0.1, 0.15) is 32.3 Å². The Labute approximate surface area is 110 Å². The molecule has 1 unspecified atom stereocenters. The second-order valence-corrected chi connectivity index (χ2v) is 4.70. The molecular weight excluding hydrogens is 226 g/mol. The van der Waals surface area contributed by atoms with Crippen molar-refractivity contribution in [3.63, 3.8) is 0 Å². The lowest BCUT2D eigenvalue weighted by Gasteiger charge is -2.21. The van der Waals surface area contributed by atoms with Gasteiger partial charge in [-0.15, -0.1) is 0 Å². The van der Waals surface area contributed by atoms with E-state index in [2.05, 4.69) is 38.2 Å². The Balaban J connectivity index is 2.73. The highest BCUT2D eigenvalue weighted by molar-refractivity contribution is 5.35. The molecule has 102 valence electrons. The lowest BCUT2D eigenvalue weighted by molar-refractivity contribution is 0.0801. The first-order valence-corrected chi connectivity index (χ1v) is 6.64. The van der Waals surface area contributed by atoms with Gasteiger partial charge in [0.15, 0.2) is 0 Å². The fraction of sp³-hybridized carbons (Fsp3) is 0.600. The van der Waals surface area contributed by atoms with E-state index >= 15 is 0 Å². The van der Waals surface area contributed by atoms with E-state index in [1.807, 2.05) is 12.1 Å². The van der Waals surface area contributed by atoms with Crippen molar-refractivity contribution in [3.05, 3.63) is 29.8 Å². The Morgan fingerprint density at radius 1 is 1.22 bits per heavy atom. The van der Waals surface area contributed by atoms with Gasteiger partial charge in [-0.1, -0.05) is 39.0 Å². The zero-order chi connectivity index (χ0) is 13.4. The molecule has 0 heterocycles. The Bertz CT molecular complexity index is 339. The van der Waals surface area contributed by atoms with Crippen molar-refractivity contribution in [2.45, 2.75) is 32.8 Å². The number of hydrogen-bond donors (Lipinski definition) is 1. The molecule has 3 nitrogen and oxygen atoms in total. The van der Waals surface area contributed by atoms with E-state index in [1.165, 1.54) is 5.56 Å². The number of para-hydroxylation sites is 1. The second kappa shape index (κ2) is 8.11. The van der Waals surface area contributed by atoms with Crippen LogP contribution in [0.2, 0.25) is 0 Å². The average molecular weight is 251 g/mol. The fourth-order valence-electron chi connectivity index (χ4n) is 1.87. The van der Waals surface area contributed by atoms with Gasteiger partial charge in [-0.3, -0.25) is 0 Å². The first kappa shape index (κ1) is 15.0. The van der Waals surface area contributed by atoms with Gasteiger partial charge in [0.05, 0.1) is 6.61 Å². The number of hydrogen-bond acceptors (Lipinski definition) is 3. The molecule has 0 bridgehead atoms. The van der Waals surface area contributed by atoms with Crippen LogP contribution in [-0.2, 0) is 4.74 Å². The van der Waals surface area contributed by atoms with E-state index in [0.717, 1.165) is 18.8 Å². The predicted molar refractivity (Wildman–Crippen MR) is 75.4 cm³/mol. The van der Waals surface area contributed by atoms with E-state index in [9.17, 15) is 0 Å². The third-order valence-electron chi connectivity index (χ3n) is 2.81. The van der Waals surface area contributed by atoms with Crippen molar-refractivity contribution in [2.24, 2.45) is 0 Å². The van der Waals surface area contributed by atoms with Gasteiger partial charge < -0.3 is 14.8 Å². The SMILES string of the molecule is CCNCC(COC)Oc1ccccc1C(C)C. The highest BCUT2D eigenvalue weighted by Gasteiger charge is 2.13. The van der Waals surface area contributed by atoms with Crippen LogP contribution in [0, 0.1) is 0 Å². The van der Waals surface area contributed by atoms with Gasteiger partial charge in [-0.25, -0.2) is 0 Å². The van der Waals surface area contributed by atoms with Crippen molar-refractivity contribution in [3.8, 4) is 5.75 Å². The maximum absolute atomic E-state index is 6.06. The van der Waals surface area contributed by atoms with Crippen LogP contribution in [0.5, 0.6) is 5.75 Å². The molecule has 1 rings (SSSR count). The van der Waals surface area contributed by atoms with Crippen LogP contribution in [0.3, 0.4) is 0 Å². The number of benzene rings is 1. The summed E-state index contributed by atoms with van der Waals surface area (Å²) in [4.78, 5) is 0. The maximum Gasteiger partial charge on any atom is 0.134 e. The lowest BCUT2D eigenvalue weighted by Crippen LogP contribution is -2.35. The molecule has 1 N–H and O–H groups in total. The molecule has 0 aliphatic carbocycles. The van der Waals surface area contributed by atoms with Gasteiger partial charge in [0, 0.05) is 13.7 Å². The largest absolute Gasteiger partial charge is 0.486 e. The first-order valence-electron chi connectivity index (χ1n) is 6.64. The summed E-state index contributed by atoms with van der Waals surface area (Å²) in [5.74, 6) is 1.43. The number of rotatable bonds is 8. The Morgan fingerprint density at radius 3 is 2.56 bits per heavy atom. The van der Waals surface area contributed by atoms with Crippen molar-refractivity contribution in [1.82, 2.24) is 5.32 Å². The molecule has 1 atom stereocenters. The number of likely N-dealkylation sites (N-methyl/N-ethyl adjacent to an activating group) is 1. The van der Waals surface area contributed by atoms with Crippen LogP contribution >= 0.6 is 0 Å². The zero-order valence-electron chi connectivity index (χ0n) is 11.9. The quantitative estimate of drug-likeness (QED) is 0.770. The molecule has 0 aliphatic heterocycles. The number of ether oxygens (including phenoxy) is 2. The molecule has 1 aromatic rings. The fourth-order valence-corrected chi connectivity index (χ4v) is 1.87. The van der Waals surface area contributed by atoms with Gasteiger partial charge in [0.1, 0.15) is 11.9 Å². The third-order valence-corrected chi connectivity index (χ3v) is 2.81. The standard InChI is InChI=1S/C15H25NO2/c1-5-16-10-13(11-17-4)18-15-9-7-6-8-14(15)12(2)3/h6-9,12-13,16H,5,10-11H2,1-4H3. The highest BCUT2D eigenvalue weighted by Crippen LogP contribution is 2.26. The summed E-state index contributed by atoms with van der Waals surface area (Å²) in [6.45, 7) is 8.78. The Kier molecular flexibility index (Phi) is 6.76. The molecule has 0 amide bonds. The topological polar surface area (TPSA) is 30.5 Å². The van der Waals surface area contributed by atoms with E-state index in [1.54, 1.807) is 7.11 Å². The highest BCUT2D eigenvalue weighted by atomic mass is 16.5. The molecule has 18 heavy (non-hydrogen) atoms. The van der Waals surface area contributed by atoms with Gasteiger partial charge in [0.25, 0.3) is 0 Å². The summed E-state index contributed by atoms with van der Waals surface area (Å²) in [5.41, 5.74) is 1.25. The third kappa shape index (κ3) is 4.67. The van der Waals surface area contributed by atoms with E-state index in [-0.39, 0.29) is 6.10 Å². The van der Waals surface area contributed by atoms with Gasteiger partial charge >= 0.3 is 0 Å². The minimum atomic E-state index is 0.0508. The number of methoxy groups -OCH3 is 1. The normalized spacial score (nSPS) is 12.7. The smallest absolute Gasteiger partial charge is 0.134 e. The molecule has 0 saturated carbocycles. The van der Waals surface area contributed by atoms with Gasteiger partial charge in [-0.2, -0.15) is 0 Å². The lowest BCUT2D eigenvalue weighted by atomic mass is 10.0. The Hall–Kier alpha value is -1.06. The zero-order valence-corrected chi connectivity index (χ0v) is 11.9. The molecule has 0 aromatic heterocycles. The summed E-state index contributed by atoms with van der Waals surface area (Å²) in [7, 11) is 1.71. The predicted octanol–water partition coefficient (Wildman–Crippen LogP) is 2.81. The van der Waals surface area contributed by atoms with Gasteiger partial charge in [-0.05, 0) is 24.1 Å². The molecule has 0 saturated heterocycles. The summed E-state index contributed by atoms with van der Waals surface area (Å²) < 4.78 is 11.3. The van der Waals surface area contributed by atoms with Crippen LogP contribution < -0.4 is 10.1 Å². The first-order chi connectivity index (χ1) is 8.69. The second-order valence-electron chi connectivity index (χ2n) is 4.70. The van der Waals surface area contributed by atoms with Crippen LogP contribution in [0.25, 0.3) is 0 Å². The molecule has 0 aliphatic rings. The van der Waals surface area contributed by atoms with Crippen LogP contribution in [0.4, 0.5) is 0 Å². The summed E-state index contributed by atoms with van der Waals surface area (Å²) >= 11 is 0. The Morgan fingerprint density at radius 2 is 1.94 bits per heavy atom. The van der Waals surface area contributed by atoms with E-state index in [0.29, 0.717) is 12.5 Å². The number of nitrogens with one attached hydrogen (secondary N) is 1. The minimum Gasteiger partial charge on any atom is -0.486 e. The molecule has 0 spiro atoms. The summed E-state index contributed by atoms with van der Waals surface area (Å²) in [5, 5.41) is 3.30. The van der Waals surface area contributed by atoms with Gasteiger partial charge in [0.2, 0.25) is 0 Å². The minimum absolute atomic E-state index is 0.0508. The summed E-state index contributed by atoms with van der Waals surface area (Å²) in [6, 6.07) is 8.22. The molecule has 1 aromatic carbocycles. The van der Waals surface area contributed by atoms with E-state index < -0.39 is 0 Å². The van der Waals surface area contributed by atoms with Crippen molar-refractivity contribution in [2.75, 3.05) is 26.8 Å². The van der Waals surface area contributed by atoms with Crippen molar-refractivity contribution < 1.29 is 9.47 Å². The summed E-state index contributed by atoms with van der Waals surface area (Å²) in [6.07, 6.45) is 0.0508. The molecule has 0 radical (unpaired) electrons. The molecular formula is C15H25NO2.